The molecule has 0 saturated heterocycles. The first-order valence-electron chi connectivity index (χ1n) is 24.5. The van der Waals surface area contributed by atoms with Crippen molar-refractivity contribution in [1.82, 2.24) is 4.57 Å². The summed E-state index contributed by atoms with van der Waals surface area (Å²) in [4.78, 5) is 2.57. The van der Waals surface area contributed by atoms with Crippen LogP contribution in [0.5, 0.6) is 0 Å². The molecule has 4 heteroatoms. The van der Waals surface area contributed by atoms with Gasteiger partial charge in [0.15, 0.2) is 0 Å². The van der Waals surface area contributed by atoms with E-state index in [1.807, 2.05) is 22.7 Å². The summed E-state index contributed by atoms with van der Waals surface area (Å²) >= 11 is 3.74. The monoisotopic (exact) mass is 940 g/mol. The standard InChI is InChI=1S/C67H44N2S2/c1-67(2)58-24-11-8-21-50(58)57-36-45(44-28-31-51-54-32-27-42-17-6-7-20-49(42)66(54)69(59(51)37-44)46-19-14-18-43(35-46)41-15-4-3-5-16-41)38-60(65(57)67)68(47-29-33-63-55(39-47)52-22-9-12-25-61(52)70-63)48-30-34-64-56(40-48)53-23-10-13-26-62(53)71-64/h3-40H,1-2H3. The summed E-state index contributed by atoms with van der Waals surface area (Å²) in [5.74, 6) is 0. The average Bonchev–Trinajstić information content (AvgIpc) is 4.15. The Labute approximate surface area is 419 Å². The molecule has 0 spiro atoms. The molecule has 334 valence electrons. The number of hydrogen-bond acceptors (Lipinski definition) is 3. The van der Waals surface area contributed by atoms with Gasteiger partial charge in [0.05, 0.1) is 16.7 Å². The molecule has 1 aliphatic rings. The van der Waals surface area contributed by atoms with E-state index in [2.05, 4.69) is 254 Å². The van der Waals surface area contributed by atoms with E-state index in [1.54, 1.807) is 0 Å². The van der Waals surface area contributed by atoms with E-state index < -0.39 is 0 Å². The van der Waals surface area contributed by atoms with Gasteiger partial charge >= 0.3 is 0 Å². The second kappa shape index (κ2) is 15.4. The number of anilines is 3. The van der Waals surface area contributed by atoms with Gasteiger partial charge in [0.2, 0.25) is 0 Å². The summed E-state index contributed by atoms with van der Waals surface area (Å²) in [6.07, 6.45) is 0. The van der Waals surface area contributed by atoms with Crippen LogP contribution in [-0.4, -0.2) is 4.57 Å². The third-order valence-corrected chi connectivity index (χ3v) is 17.6. The number of thiophene rings is 2. The first kappa shape index (κ1) is 40.6. The van der Waals surface area contributed by atoms with Gasteiger partial charge in [-0.3, -0.25) is 0 Å². The lowest BCUT2D eigenvalue weighted by molar-refractivity contribution is 0.661. The van der Waals surface area contributed by atoms with Crippen LogP contribution in [0, 0.1) is 0 Å². The van der Waals surface area contributed by atoms with Crippen LogP contribution in [0.3, 0.4) is 0 Å². The van der Waals surface area contributed by atoms with Crippen molar-refractivity contribution in [2.24, 2.45) is 0 Å². The summed E-state index contributed by atoms with van der Waals surface area (Å²) in [5, 5.41) is 10.1. The minimum Gasteiger partial charge on any atom is -0.310 e. The van der Waals surface area contributed by atoms with Crippen molar-refractivity contribution >= 4 is 113 Å². The van der Waals surface area contributed by atoms with Crippen LogP contribution in [0.4, 0.5) is 17.1 Å². The molecule has 15 rings (SSSR count). The Hall–Kier alpha value is -8.28. The van der Waals surface area contributed by atoms with Crippen molar-refractivity contribution in [2.45, 2.75) is 19.3 Å². The lowest BCUT2D eigenvalue weighted by atomic mass is 9.80. The maximum absolute atomic E-state index is 2.57. The molecule has 14 aromatic rings. The molecule has 0 bridgehead atoms. The van der Waals surface area contributed by atoms with Crippen LogP contribution in [0.1, 0.15) is 25.0 Å². The molecule has 3 heterocycles. The number of aromatic nitrogens is 1. The smallest absolute Gasteiger partial charge is 0.0619 e. The van der Waals surface area contributed by atoms with Crippen molar-refractivity contribution in [3.63, 3.8) is 0 Å². The minimum atomic E-state index is -0.280. The summed E-state index contributed by atoms with van der Waals surface area (Å²) in [5.41, 5.74) is 16.8. The fourth-order valence-corrected chi connectivity index (χ4v) is 14.2. The van der Waals surface area contributed by atoms with Gasteiger partial charge in [-0.25, -0.2) is 0 Å². The van der Waals surface area contributed by atoms with Crippen LogP contribution in [0.25, 0.3) is 112 Å². The Morgan fingerprint density at radius 2 is 0.986 bits per heavy atom. The lowest BCUT2D eigenvalue weighted by Crippen LogP contribution is -2.20. The molecule has 71 heavy (non-hydrogen) atoms. The zero-order valence-corrected chi connectivity index (χ0v) is 40.8. The SMILES string of the molecule is CC1(C)c2ccccc2-c2cc(-c3ccc4c5ccc6ccccc6c5n(-c5cccc(-c6ccccc6)c5)c4c3)cc(N(c3ccc4sc5ccccc5c4c3)c3ccc4sc5ccccc5c4c3)c21. The van der Waals surface area contributed by atoms with E-state index >= 15 is 0 Å². The number of benzene rings is 11. The average molecular weight is 941 g/mol. The molecule has 0 fully saturated rings. The van der Waals surface area contributed by atoms with Gasteiger partial charge in [-0.15, -0.1) is 22.7 Å². The highest BCUT2D eigenvalue weighted by Gasteiger charge is 2.39. The van der Waals surface area contributed by atoms with Crippen molar-refractivity contribution in [1.29, 1.82) is 0 Å². The summed E-state index contributed by atoms with van der Waals surface area (Å²) in [6.45, 7) is 4.84. The number of hydrogen-bond donors (Lipinski definition) is 0. The predicted molar refractivity (Wildman–Crippen MR) is 307 cm³/mol. The van der Waals surface area contributed by atoms with Crippen molar-refractivity contribution < 1.29 is 0 Å². The fourth-order valence-electron chi connectivity index (χ4n) is 12.1. The van der Waals surface area contributed by atoms with Gasteiger partial charge in [-0.05, 0) is 129 Å². The van der Waals surface area contributed by atoms with E-state index in [9.17, 15) is 0 Å². The molecule has 1 aliphatic carbocycles. The second-order valence-corrected chi connectivity index (χ2v) is 21.8. The Bertz CT molecular complexity index is 4400. The zero-order chi connectivity index (χ0) is 47.0. The molecule has 0 amide bonds. The Balaban J connectivity index is 1.02. The molecular formula is C67H44N2S2. The van der Waals surface area contributed by atoms with Gasteiger partial charge < -0.3 is 9.47 Å². The highest BCUT2D eigenvalue weighted by atomic mass is 32.1. The molecule has 0 N–H and O–H groups in total. The first-order valence-corrected chi connectivity index (χ1v) is 26.1. The van der Waals surface area contributed by atoms with Gasteiger partial charge in [0.1, 0.15) is 0 Å². The largest absolute Gasteiger partial charge is 0.310 e. The fraction of sp³-hybridized carbons (Fsp3) is 0.0448. The first-order chi connectivity index (χ1) is 34.9. The van der Waals surface area contributed by atoms with Crippen LogP contribution in [0.2, 0.25) is 0 Å². The van der Waals surface area contributed by atoms with Gasteiger partial charge in [0.25, 0.3) is 0 Å². The van der Waals surface area contributed by atoms with E-state index in [4.69, 9.17) is 0 Å². The third kappa shape index (κ3) is 6.12. The molecular weight excluding hydrogens is 897 g/mol. The van der Waals surface area contributed by atoms with E-state index in [1.165, 1.54) is 123 Å². The molecule has 0 atom stereocenters. The van der Waals surface area contributed by atoms with Crippen molar-refractivity contribution in [3.8, 4) is 39.1 Å². The van der Waals surface area contributed by atoms with Crippen LogP contribution >= 0.6 is 22.7 Å². The highest BCUT2D eigenvalue weighted by Crippen LogP contribution is 2.56. The minimum absolute atomic E-state index is 0.280. The van der Waals surface area contributed by atoms with Crippen LogP contribution in [0.15, 0.2) is 231 Å². The number of nitrogens with zero attached hydrogens (tertiary/aromatic N) is 2. The molecule has 0 saturated carbocycles. The Kier molecular flexibility index (Phi) is 8.78. The van der Waals surface area contributed by atoms with Gasteiger partial charge in [0, 0.05) is 79.0 Å². The normalized spacial score (nSPS) is 13.0. The van der Waals surface area contributed by atoms with Crippen molar-refractivity contribution in [3.05, 3.63) is 242 Å². The summed E-state index contributed by atoms with van der Waals surface area (Å²) in [6, 6.07) is 86.4. The maximum Gasteiger partial charge on any atom is 0.0619 e. The topological polar surface area (TPSA) is 8.17 Å². The van der Waals surface area contributed by atoms with E-state index in [-0.39, 0.29) is 5.41 Å². The van der Waals surface area contributed by atoms with E-state index in [0.29, 0.717) is 0 Å². The molecule has 3 aromatic heterocycles. The molecule has 0 unspecified atom stereocenters. The zero-order valence-electron chi connectivity index (χ0n) is 39.2. The molecule has 11 aromatic carbocycles. The molecule has 2 nitrogen and oxygen atoms in total. The molecule has 0 radical (unpaired) electrons. The Morgan fingerprint density at radius 3 is 1.73 bits per heavy atom. The quantitative estimate of drug-likeness (QED) is 0.161. The third-order valence-electron chi connectivity index (χ3n) is 15.3. The van der Waals surface area contributed by atoms with E-state index in [0.717, 1.165) is 17.1 Å². The summed E-state index contributed by atoms with van der Waals surface area (Å²) < 4.78 is 7.73. The number of rotatable bonds is 6. The maximum atomic E-state index is 2.57. The second-order valence-electron chi connectivity index (χ2n) is 19.6. The van der Waals surface area contributed by atoms with Crippen LogP contribution < -0.4 is 4.90 Å². The van der Waals surface area contributed by atoms with Gasteiger partial charge in [-0.1, -0.05) is 166 Å². The predicted octanol–water partition coefficient (Wildman–Crippen LogP) is 19.8. The van der Waals surface area contributed by atoms with Gasteiger partial charge in [-0.2, -0.15) is 0 Å². The summed E-state index contributed by atoms with van der Waals surface area (Å²) in [7, 11) is 0. The number of fused-ring (bicyclic) bond motifs is 14. The lowest BCUT2D eigenvalue weighted by Gasteiger charge is -2.33. The highest BCUT2D eigenvalue weighted by molar-refractivity contribution is 7.26. The Morgan fingerprint density at radius 1 is 0.380 bits per heavy atom. The molecule has 0 aliphatic heterocycles. The van der Waals surface area contributed by atoms with Crippen LogP contribution in [-0.2, 0) is 5.41 Å². The van der Waals surface area contributed by atoms with Crippen molar-refractivity contribution in [2.75, 3.05) is 4.90 Å².